The Hall–Kier alpha value is -9.87. The number of ether oxygens (including phenoxy) is 2. The highest BCUT2D eigenvalue weighted by Gasteiger charge is 2.29. The lowest BCUT2D eigenvalue weighted by Gasteiger charge is -2.30. The second-order valence-corrected chi connectivity index (χ2v) is 47.0. The number of nitrogens with two attached hydrogens (primary N) is 2. The van der Waals surface area contributed by atoms with Gasteiger partial charge in [-0.3, -0.25) is 0 Å². The summed E-state index contributed by atoms with van der Waals surface area (Å²) >= 11 is 30.5. The number of aromatic nitrogens is 6. The standard InChI is InChI=1S/C31H37ClN4O4S.C26H29ClN4O2S.C17H26N4O2.C14H12BrClO2S.C7H8BrN.C6H4Cl2O2S/c1-21-17-22(20-41(38,39)28-8-6-5-7-27(28)32)9-11-24(21)12-10-23-18-33-29(34-19-23)35-25-13-15-26(16-14-25)36-30(37)40-31(2,3)4;1-18-14-19(17-34(32,33)25-5-3-2-4-24(25)27)6-8-21(18)9-7-20-15-29-26(30-16-20)31-23-12-10-22(28)11-13-23;1-5-12-10-18-15(19-11-12)20-13-6-8-14(9-7-13)21-16(22)23-17(2,3)4;1-10-8-11(6-7-12(10)15)9-19(17,18)14-5-3-2-4-13(14)16;1-5-4-6(9)2-3-7(5)8;7-5-3-1-2-4-6(5)11(8,9)10/h5-12,17-19,25-26H,13-16,20H2,1-4H3,(H,36,37)(H,33,34,35);2-9,14-16,22-23H,10-13,17,28H2,1H3,(H,29,30,31);5,10-11,13-14H,1,6-9H2,2-4H3,(H,21,22)(H,18,19,20);2-8H,9H2,1H3;2-4H,9H2,1H3;1-4H/b12-10+;9-7+;;;;. The van der Waals surface area contributed by atoms with Gasteiger partial charge in [0.2, 0.25) is 17.8 Å². The summed E-state index contributed by atoms with van der Waals surface area (Å²) in [4.78, 5) is 50.6. The number of hydrogen-bond acceptors (Lipinski definition) is 23. The van der Waals surface area contributed by atoms with Crippen molar-refractivity contribution in [2.24, 2.45) is 5.73 Å². The number of amides is 2. The molecule has 3 heterocycles. The number of benzene rings is 8. The van der Waals surface area contributed by atoms with Crippen LogP contribution in [0.2, 0.25) is 20.1 Å². The van der Waals surface area contributed by atoms with Crippen LogP contribution in [0.15, 0.2) is 242 Å². The molecule has 8 aromatic carbocycles. The molecule has 0 saturated heterocycles. The van der Waals surface area contributed by atoms with Gasteiger partial charge >= 0.3 is 12.2 Å². The van der Waals surface area contributed by atoms with Crippen molar-refractivity contribution < 1.29 is 52.7 Å². The van der Waals surface area contributed by atoms with E-state index in [1.54, 1.807) is 116 Å². The predicted molar refractivity (Wildman–Crippen MR) is 562 cm³/mol. The highest BCUT2D eigenvalue weighted by Crippen LogP contribution is 2.33. The van der Waals surface area contributed by atoms with Gasteiger partial charge in [0.05, 0.1) is 52.0 Å². The lowest BCUT2D eigenvalue weighted by atomic mass is 9.91. The second-order valence-electron chi connectivity index (χ2n) is 35.2. The number of hydrogen-bond donors (Lipinski definition) is 7. The Kier molecular flexibility index (Phi) is 41.9. The van der Waals surface area contributed by atoms with Crippen LogP contribution >= 0.6 is 88.9 Å². The van der Waals surface area contributed by atoms with E-state index < -0.39 is 49.8 Å². The number of rotatable bonds is 23. The molecule has 25 nitrogen and oxygen atoms in total. The van der Waals surface area contributed by atoms with Gasteiger partial charge in [0.25, 0.3) is 9.05 Å². The molecule has 3 saturated carbocycles. The number of halogens is 7. The van der Waals surface area contributed by atoms with Crippen LogP contribution < -0.4 is 38.1 Å². The van der Waals surface area contributed by atoms with E-state index in [2.05, 4.69) is 94.9 Å². The number of anilines is 4. The fraction of sp³-hybridized carbons (Fsp3) is 0.327. The average Bonchev–Trinajstić information content (AvgIpc) is 0.817. The molecule has 137 heavy (non-hydrogen) atoms. The molecule has 3 fully saturated rings. The van der Waals surface area contributed by atoms with E-state index in [0.29, 0.717) is 41.5 Å². The first kappa shape index (κ1) is 111. The van der Waals surface area contributed by atoms with Crippen molar-refractivity contribution in [3.05, 3.63) is 309 Å². The van der Waals surface area contributed by atoms with Gasteiger partial charge in [-0.25, -0.2) is 73.2 Å². The fourth-order valence-corrected chi connectivity index (χ4v) is 22.3. The normalized spacial score (nSPS) is 16.7. The third-order valence-corrected chi connectivity index (χ3v) is 31.7. The minimum atomic E-state index is -3.69. The largest absolute Gasteiger partial charge is 0.444 e. The Bertz CT molecular complexity index is 6460. The van der Waals surface area contributed by atoms with Gasteiger partial charge in [-0.1, -0.05) is 212 Å². The first-order valence-corrected chi connectivity index (χ1v) is 54.6. The third kappa shape index (κ3) is 37.7. The Morgan fingerprint density at radius 2 is 0.686 bits per heavy atom. The maximum absolute atomic E-state index is 12.8. The van der Waals surface area contributed by atoms with Crippen molar-refractivity contribution in [3.63, 3.8) is 0 Å². The van der Waals surface area contributed by atoms with Crippen LogP contribution in [0.25, 0.3) is 30.4 Å². The molecule has 0 bridgehead atoms. The Labute approximate surface area is 846 Å². The highest BCUT2D eigenvalue weighted by atomic mass is 79.9. The summed E-state index contributed by atoms with van der Waals surface area (Å²) in [7, 11) is -9.14. The molecule has 0 unspecified atom stereocenters. The van der Waals surface area contributed by atoms with Gasteiger partial charge in [-0.15, -0.1) is 0 Å². The lowest BCUT2D eigenvalue weighted by Crippen LogP contribution is -2.42. The molecule has 2 amide bonds. The van der Waals surface area contributed by atoms with Crippen LogP contribution in [0.1, 0.15) is 185 Å². The number of aryl methyl sites for hydroxylation is 4. The van der Waals surface area contributed by atoms with E-state index >= 15 is 0 Å². The summed E-state index contributed by atoms with van der Waals surface area (Å²) < 4.78 is 110. The highest BCUT2D eigenvalue weighted by molar-refractivity contribution is 9.10. The van der Waals surface area contributed by atoms with Crippen LogP contribution in [0.5, 0.6) is 0 Å². The maximum atomic E-state index is 12.8. The van der Waals surface area contributed by atoms with Crippen LogP contribution in [-0.2, 0) is 65.3 Å². The van der Waals surface area contributed by atoms with E-state index in [1.807, 2.05) is 160 Å². The zero-order chi connectivity index (χ0) is 100. The topological polar surface area (TPSA) is 379 Å². The number of carbonyl (C=O) groups excluding carboxylic acids is 2. The Morgan fingerprint density at radius 3 is 0.971 bits per heavy atom. The molecule has 0 aliphatic heterocycles. The second kappa shape index (κ2) is 51.9. The van der Waals surface area contributed by atoms with Gasteiger partial charge in [0.15, 0.2) is 29.5 Å². The monoisotopic (exact) mass is 2160 g/mol. The van der Waals surface area contributed by atoms with Crippen molar-refractivity contribution in [2.75, 3.05) is 21.7 Å². The van der Waals surface area contributed by atoms with E-state index in [1.165, 1.54) is 35.9 Å². The number of carbonyl (C=O) groups is 2. The van der Waals surface area contributed by atoms with Crippen molar-refractivity contribution in [1.29, 1.82) is 0 Å². The molecule has 14 rings (SSSR count). The lowest BCUT2D eigenvalue weighted by molar-refractivity contribution is 0.0480. The summed E-state index contributed by atoms with van der Waals surface area (Å²) in [6, 6.07) is 49.6. The SMILES string of the molecule is C=Cc1cnc(NC2CCC(NC(=O)OC(C)(C)C)CC2)nc1.Cc1cc(CS(=O)(=O)c2ccccc2Cl)ccc1/C=C/c1cnc(NC2CCC(N)CC2)nc1.Cc1cc(CS(=O)(=O)c2ccccc2Cl)ccc1/C=C/c1cnc(NC2CCC(NC(=O)OC(C)(C)C)CC2)nc1.Cc1cc(CS(=O)(=O)c2ccccc2Cl)ccc1Br.Cc1cc(N)ccc1Br.O=S(=O)(Cl)c1ccccc1Cl. The smallest absolute Gasteiger partial charge is 0.407 e. The van der Waals surface area contributed by atoms with Crippen molar-refractivity contribution in [2.45, 2.75) is 231 Å². The number of alkyl carbamates (subject to hydrolysis) is 2. The minimum Gasteiger partial charge on any atom is -0.444 e. The van der Waals surface area contributed by atoms with Crippen LogP contribution in [0.4, 0.5) is 33.1 Å². The quantitative estimate of drug-likeness (QED) is 0.0231. The minimum absolute atomic E-state index is 0.0507. The first-order chi connectivity index (χ1) is 64.6. The van der Waals surface area contributed by atoms with Gasteiger partial charge in [-0.2, -0.15) is 0 Å². The van der Waals surface area contributed by atoms with E-state index in [-0.39, 0.29) is 87.2 Å². The summed E-state index contributed by atoms with van der Waals surface area (Å²) in [5, 5.41) is 16.9. The van der Waals surface area contributed by atoms with Crippen LogP contribution in [-0.4, -0.2) is 123 Å². The zero-order valence-electron chi connectivity index (χ0n) is 77.8. The van der Waals surface area contributed by atoms with E-state index in [9.17, 15) is 43.3 Å². The van der Waals surface area contributed by atoms with Gasteiger partial charge in [-0.05, 0) is 269 Å². The molecule has 11 aromatic rings. The van der Waals surface area contributed by atoms with Gasteiger partial charge in [0.1, 0.15) is 16.1 Å². The van der Waals surface area contributed by atoms with Gasteiger partial charge < -0.3 is 47.5 Å². The molecular weight excluding hydrogens is 2050 g/mol. The molecule has 36 heteroatoms. The van der Waals surface area contributed by atoms with Gasteiger partial charge in [0, 0.05) is 115 Å². The molecule has 0 atom stereocenters. The molecule has 3 aliphatic carbocycles. The zero-order valence-corrected chi connectivity index (χ0v) is 88.0. The Balaban J connectivity index is 0.000000197. The summed E-state index contributed by atoms with van der Waals surface area (Å²) in [6.45, 7) is 22.7. The average molecular weight is 2170 g/mol. The van der Waals surface area contributed by atoms with Crippen molar-refractivity contribution in [1.82, 2.24) is 40.5 Å². The molecule has 0 spiro atoms. The fourth-order valence-electron chi connectivity index (χ4n) is 14.5. The van der Waals surface area contributed by atoms with Crippen molar-refractivity contribution in [3.8, 4) is 0 Å². The van der Waals surface area contributed by atoms with E-state index in [4.69, 9.17) is 78.0 Å². The molecule has 730 valence electrons. The number of nitrogens with one attached hydrogen (secondary N) is 5. The molecular formula is C101H116Br2Cl5N13O12S4. The number of nitrogens with zero attached hydrogens (tertiary/aromatic N) is 6. The number of sulfone groups is 3. The summed E-state index contributed by atoms with van der Waals surface area (Å²) in [6.07, 6.45) is 30.9. The van der Waals surface area contributed by atoms with E-state index in [0.717, 1.165) is 147 Å². The molecule has 9 N–H and O–H groups in total. The van der Waals surface area contributed by atoms with Crippen LogP contribution in [0.3, 0.4) is 0 Å². The summed E-state index contributed by atoms with van der Waals surface area (Å²) in [5.74, 6) is 1.58. The summed E-state index contributed by atoms with van der Waals surface area (Å²) in [5.41, 5.74) is 22.2. The van der Waals surface area contributed by atoms with Crippen LogP contribution in [0, 0.1) is 27.7 Å². The Morgan fingerprint density at radius 1 is 0.401 bits per heavy atom. The molecule has 0 radical (unpaired) electrons. The van der Waals surface area contributed by atoms with Crippen molar-refractivity contribution >= 4 is 194 Å². The third-order valence-electron chi connectivity index (χ3n) is 21.6. The first-order valence-electron chi connectivity index (χ1n) is 44.2. The maximum Gasteiger partial charge on any atom is 0.407 e. The number of nitrogen functional groups attached to an aromatic ring is 1. The predicted octanol–water partition coefficient (Wildman–Crippen LogP) is 24.5. The molecule has 3 aromatic heterocycles. The molecule has 3 aliphatic rings.